The summed E-state index contributed by atoms with van der Waals surface area (Å²) in [5.41, 5.74) is 2.43. The second-order valence-corrected chi connectivity index (χ2v) is 8.33. The summed E-state index contributed by atoms with van der Waals surface area (Å²) in [7, 11) is 0. The molecule has 1 aliphatic rings. The summed E-state index contributed by atoms with van der Waals surface area (Å²) in [6, 6.07) is 0. The number of nitrogens with zero attached hydrogens (tertiary/aromatic N) is 4. The molecule has 0 N–H and O–H groups in total. The van der Waals surface area contributed by atoms with Gasteiger partial charge in [-0.25, -0.2) is 4.98 Å². The summed E-state index contributed by atoms with van der Waals surface area (Å²) in [5.74, 6) is 1.76. The molecule has 1 atom stereocenters. The van der Waals surface area contributed by atoms with Crippen LogP contribution in [0, 0.1) is 5.92 Å². The van der Waals surface area contributed by atoms with E-state index in [-0.39, 0.29) is 5.41 Å². The van der Waals surface area contributed by atoms with Gasteiger partial charge in [0.1, 0.15) is 17.0 Å². The van der Waals surface area contributed by atoms with Crippen molar-refractivity contribution in [3.8, 4) is 0 Å². The van der Waals surface area contributed by atoms with Crippen LogP contribution in [0.1, 0.15) is 50.4 Å². The lowest BCUT2D eigenvalue weighted by atomic mass is 9.89. The van der Waals surface area contributed by atoms with Gasteiger partial charge in [0.05, 0.1) is 5.39 Å². The molecule has 1 aliphatic carbocycles. The van der Waals surface area contributed by atoms with Crippen molar-refractivity contribution in [3.05, 3.63) is 22.6 Å². The predicted molar refractivity (Wildman–Crippen MR) is 86.1 cm³/mol. The van der Waals surface area contributed by atoms with Gasteiger partial charge in [0.2, 0.25) is 0 Å². The van der Waals surface area contributed by atoms with Gasteiger partial charge in [-0.15, -0.1) is 21.5 Å². The first-order chi connectivity index (χ1) is 9.95. The Labute approximate surface area is 128 Å². The number of aryl methyl sites for hydroxylation is 1. The number of hydrogen-bond acceptors (Lipinski definition) is 4. The van der Waals surface area contributed by atoms with E-state index in [9.17, 15) is 0 Å². The van der Waals surface area contributed by atoms with Gasteiger partial charge in [-0.2, -0.15) is 0 Å². The molecule has 0 radical (unpaired) electrons. The maximum atomic E-state index is 4.69. The van der Waals surface area contributed by atoms with Crippen molar-refractivity contribution in [1.82, 2.24) is 19.6 Å². The van der Waals surface area contributed by atoms with Crippen LogP contribution in [-0.2, 0) is 18.3 Å². The number of aromatic nitrogens is 4. The highest BCUT2D eigenvalue weighted by molar-refractivity contribution is 7.19. The van der Waals surface area contributed by atoms with Crippen LogP contribution in [0.4, 0.5) is 0 Å². The van der Waals surface area contributed by atoms with E-state index in [1.54, 1.807) is 0 Å². The summed E-state index contributed by atoms with van der Waals surface area (Å²) >= 11 is 1.84. The lowest BCUT2D eigenvalue weighted by Crippen LogP contribution is -2.16. The highest BCUT2D eigenvalue weighted by Gasteiger charge is 2.26. The zero-order valence-electron chi connectivity index (χ0n) is 13.0. The SMILES string of the molecule is C[C@@H]1CCc2c(sc3ncn4c(C(C)(C)C)nnc4c23)C1. The van der Waals surface area contributed by atoms with Crippen LogP contribution in [0.2, 0.25) is 0 Å². The van der Waals surface area contributed by atoms with Gasteiger partial charge in [0, 0.05) is 10.3 Å². The first-order valence-corrected chi connectivity index (χ1v) is 8.41. The topological polar surface area (TPSA) is 43.1 Å². The molecule has 21 heavy (non-hydrogen) atoms. The van der Waals surface area contributed by atoms with Crippen LogP contribution in [0.3, 0.4) is 0 Å². The van der Waals surface area contributed by atoms with E-state index in [0.29, 0.717) is 0 Å². The molecular weight excluding hydrogens is 280 g/mol. The summed E-state index contributed by atoms with van der Waals surface area (Å²) in [6.07, 6.45) is 5.49. The van der Waals surface area contributed by atoms with Crippen LogP contribution in [-0.4, -0.2) is 19.6 Å². The zero-order valence-corrected chi connectivity index (χ0v) is 13.8. The average Bonchev–Trinajstić information content (AvgIpc) is 2.96. The molecule has 110 valence electrons. The van der Waals surface area contributed by atoms with Gasteiger partial charge in [-0.1, -0.05) is 27.7 Å². The maximum absolute atomic E-state index is 4.69. The number of fused-ring (bicyclic) bond motifs is 5. The first kappa shape index (κ1) is 13.2. The molecule has 0 bridgehead atoms. The fraction of sp³-hybridized carbons (Fsp3) is 0.562. The molecule has 0 fully saturated rings. The van der Waals surface area contributed by atoms with Gasteiger partial charge in [-0.3, -0.25) is 4.40 Å². The van der Waals surface area contributed by atoms with Crippen molar-refractivity contribution < 1.29 is 0 Å². The van der Waals surface area contributed by atoms with Gasteiger partial charge < -0.3 is 0 Å². The van der Waals surface area contributed by atoms with E-state index in [1.165, 1.54) is 28.7 Å². The lowest BCUT2D eigenvalue weighted by Gasteiger charge is -2.18. The molecule has 0 saturated heterocycles. The largest absolute Gasteiger partial charge is 0.268 e. The van der Waals surface area contributed by atoms with Crippen molar-refractivity contribution in [2.75, 3.05) is 0 Å². The van der Waals surface area contributed by atoms with Crippen molar-refractivity contribution in [2.24, 2.45) is 5.92 Å². The highest BCUT2D eigenvalue weighted by Crippen LogP contribution is 2.39. The van der Waals surface area contributed by atoms with Gasteiger partial charge in [-0.05, 0) is 30.7 Å². The molecule has 3 aromatic heterocycles. The predicted octanol–water partition coefficient (Wildman–Crippen LogP) is 3.76. The Morgan fingerprint density at radius 1 is 1.29 bits per heavy atom. The molecule has 5 heteroatoms. The minimum absolute atomic E-state index is 0.0284. The Bertz CT molecular complexity index is 837. The van der Waals surface area contributed by atoms with Crippen molar-refractivity contribution in [2.45, 2.75) is 52.4 Å². The molecule has 0 aliphatic heterocycles. The molecule has 3 aromatic rings. The minimum atomic E-state index is -0.0284. The Morgan fingerprint density at radius 3 is 2.86 bits per heavy atom. The standard InChI is InChI=1S/C16H20N4S/c1-9-5-6-10-11(7-9)21-14-12(10)13-18-19-15(16(2,3)4)20(13)8-17-14/h8-9H,5-7H2,1-4H3/t9-/m1/s1. The lowest BCUT2D eigenvalue weighted by molar-refractivity contribution is 0.509. The number of thiophene rings is 1. The van der Waals surface area contributed by atoms with E-state index in [0.717, 1.165) is 28.6 Å². The third-order valence-electron chi connectivity index (χ3n) is 4.37. The highest BCUT2D eigenvalue weighted by atomic mass is 32.1. The summed E-state index contributed by atoms with van der Waals surface area (Å²) in [6.45, 7) is 8.83. The molecule has 0 unspecified atom stereocenters. The van der Waals surface area contributed by atoms with E-state index in [4.69, 9.17) is 0 Å². The maximum Gasteiger partial charge on any atom is 0.172 e. The smallest absolute Gasteiger partial charge is 0.172 e. The first-order valence-electron chi connectivity index (χ1n) is 7.59. The Morgan fingerprint density at radius 2 is 2.10 bits per heavy atom. The Kier molecular flexibility index (Phi) is 2.67. The molecule has 0 saturated carbocycles. The van der Waals surface area contributed by atoms with E-state index in [1.807, 2.05) is 17.7 Å². The molecule has 4 rings (SSSR count). The minimum Gasteiger partial charge on any atom is -0.268 e. The van der Waals surface area contributed by atoms with Gasteiger partial charge in [0.15, 0.2) is 5.65 Å². The van der Waals surface area contributed by atoms with E-state index >= 15 is 0 Å². The monoisotopic (exact) mass is 300 g/mol. The number of hydrogen-bond donors (Lipinski definition) is 0. The van der Waals surface area contributed by atoms with Gasteiger partial charge in [0.25, 0.3) is 0 Å². The fourth-order valence-electron chi connectivity index (χ4n) is 3.25. The van der Waals surface area contributed by atoms with Crippen LogP contribution < -0.4 is 0 Å². The second kappa shape index (κ2) is 4.26. The molecule has 3 heterocycles. The third-order valence-corrected chi connectivity index (χ3v) is 5.54. The average molecular weight is 300 g/mol. The second-order valence-electron chi connectivity index (χ2n) is 7.24. The molecule has 0 amide bonds. The van der Waals surface area contributed by atoms with E-state index in [2.05, 4.69) is 47.3 Å². The zero-order chi connectivity index (χ0) is 14.8. The molecular formula is C16H20N4S. The molecule has 0 aromatic carbocycles. The fourth-order valence-corrected chi connectivity index (χ4v) is 4.60. The summed E-state index contributed by atoms with van der Waals surface area (Å²) in [4.78, 5) is 7.31. The summed E-state index contributed by atoms with van der Waals surface area (Å²) < 4.78 is 2.08. The quantitative estimate of drug-likeness (QED) is 0.635. The van der Waals surface area contributed by atoms with Crippen LogP contribution >= 0.6 is 11.3 Å². The Hall–Kier alpha value is -1.49. The van der Waals surface area contributed by atoms with E-state index < -0.39 is 0 Å². The van der Waals surface area contributed by atoms with Gasteiger partial charge >= 0.3 is 0 Å². The Balaban J connectivity index is 2.04. The van der Waals surface area contributed by atoms with Crippen molar-refractivity contribution in [1.29, 1.82) is 0 Å². The van der Waals surface area contributed by atoms with Crippen LogP contribution in [0.5, 0.6) is 0 Å². The third kappa shape index (κ3) is 1.90. The van der Waals surface area contributed by atoms with Crippen LogP contribution in [0.25, 0.3) is 15.9 Å². The normalized spacial score (nSPS) is 19.3. The number of rotatable bonds is 0. The summed E-state index contributed by atoms with van der Waals surface area (Å²) in [5, 5.41) is 10.2. The van der Waals surface area contributed by atoms with Crippen LogP contribution in [0.15, 0.2) is 6.33 Å². The molecule has 4 nitrogen and oxygen atoms in total. The molecule has 0 spiro atoms. The van der Waals surface area contributed by atoms with Crippen molar-refractivity contribution in [3.63, 3.8) is 0 Å². The van der Waals surface area contributed by atoms with Crippen molar-refractivity contribution >= 4 is 27.2 Å².